The van der Waals surface area contributed by atoms with Crippen molar-refractivity contribution in [2.75, 3.05) is 0 Å². The molecule has 3 aromatic heterocycles. The maximum atomic E-state index is 4.38. The highest BCUT2D eigenvalue weighted by Crippen LogP contribution is 2.42. The molecule has 0 N–H and O–H groups in total. The van der Waals surface area contributed by atoms with Gasteiger partial charge in [0.05, 0.1) is 11.0 Å². The Bertz CT molecular complexity index is 1270. The molecule has 0 bridgehead atoms. The molecule has 0 radical (unpaired) electrons. The number of aromatic nitrogens is 3. The monoisotopic (exact) mass is 339 g/mol. The Morgan fingerprint density at radius 1 is 0.615 bits per heavy atom. The van der Waals surface area contributed by atoms with Gasteiger partial charge in [-0.2, -0.15) is 0 Å². The average Bonchev–Trinajstić information content (AvgIpc) is 2.98. The molecule has 26 heavy (non-hydrogen) atoms. The van der Waals surface area contributed by atoms with Crippen LogP contribution in [0.3, 0.4) is 0 Å². The fourth-order valence-electron chi connectivity index (χ4n) is 4.86. The first-order valence-electron chi connectivity index (χ1n) is 9.00. The summed E-state index contributed by atoms with van der Waals surface area (Å²) in [6.07, 6.45) is 7.78. The summed E-state index contributed by atoms with van der Waals surface area (Å²) in [5.41, 5.74) is 7.91. The number of nitrogens with zero attached hydrogens (tertiary/aromatic N) is 3. The minimum absolute atomic E-state index is 1.24. The first-order valence-corrected chi connectivity index (χ1v) is 9.00. The summed E-state index contributed by atoms with van der Waals surface area (Å²) in [6.45, 7) is 8.92. The van der Waals surface area contributed by atoms with Gasteiger partial charge < -0.3 is 4.57 Å². The van der Waals surface area contributed by atoms with Crippen molar-refractivity contribution in [3.63, 3.8) is 0 Å². The van der Waals surface area contributed by atoms with Crippen LogP contribution in [0.25, 0.3) is 43.4 Å². The van der Waals surface area contributed by atoms with E-state index >= 15 is 0 Å². The Kier molecular flexibility index (Phi) is 2.97. The summed E-state index contributed by atoms with van der Waals surface area (Å²) in [6, 6.07) is 4.27. The molecule has 0 spiro atoms. The molecule has 0 saturated carbocycles. The molecule has 0 fully saturated rings. The van der Waals surface area contributed by atoms with Crippen LogP contribution >= 0.6 is 0 Å². The third-order valence-electron chi connectivity index (χ3n) is 6.11. The molecule has 0 amide bonds. The van der Waals surface area contributed by atoms with Crippen molar-refractivity contribution >= 4 is 43.4 Å². The largest absolute Gasteiger partial charge is 0.343 e. The van der Waals surface area contributed by atoms with Gasteiger partial charge in [-0.25, -0.2) is 0 Å². The third kappa shape index (κ3) is 1.68. The van der Waals surface area contributed by atoms with E-state index in [0.717, 1.165) is 0 Å². The molecule has 5 rings (SSSR count). The third-order valence-corrected chi connectivity index (χ3v) is 6.11. The first kappa shape index (κ1) is 15.3. The lowest BCUT2D eigenvalue weighted by Crippen LogP contribution is -1.94. The molecule has 3 nitrogen and oxygen atoms in total. The molecular formula is C23H21N3. The zero-order valence-electron chi connectivity index (χ0n) is 15.8. The maximum Gasteiger partial charge on any atom is 0.0527 e. The fourth-order valence-corrected chi connectivity index (χ4v) is 4.86. The Morgan fingerprint density at radius 2 is 1.04 bits per heavy atom. The van der Waals surface area contributed by atoms with Gasteiger partial charge in [0, 0.05) is 53.4 Å². The zero-order chi connectivity index (χ0) is 18.2. The lowest BCUT2D eigenvalue weighted by molar-refractivity contribution is 1.00. The number of rotatable bonds is 0. The summed E-state index contributed by atoms with van der Waals surface area (Å²) >= 11 is 0. The van der Waals surface area contributed by atoms with Gasteiger partial charge in [0.25, 0.3) is 0 Å². The van der Waals surface area contributed by atoms with E-state index in [0.29, 0.717) is 0 Å². The fraction of sp³-hybridized carbons (Fsp3) is 0.217. The standard InChI is InChI=1S/C23H21N3/c1-12-18-10-24-8-6-16(18)14(3)22-20(12)21-13(2)19-11-25-9-7-17(19)15(4)23(21)26(22)5/h6-11H,1-5H3. The van der Waals surface area contributed by atoms with Gasteiger partial charge in [0.1, 0.15) is 0 Å². The minimum Gasteiger partial charge on any atom is -0.343 e. The van der Waals surface area contributed by atoms with Gasteiger partial charge in [0.2, 0.25) is 0 Å². The van der Waals surface area contributed by atoms with Gasteiger partial charge in [-0.05, 0) is 72.9 Å². The van der Waals surface area contributed by atoms with E-state index in [1.54, 1.807) is 0 Å². The predicted molar refractivity (Wildman–Crippen MR) is 110 cm³/mol. The molecule has 128 valence electrons. The molecule has 0 saturated heterocycles. The topological polar surface area (TPSA) is 30.7 Å². The molecule has 0 aliphatic rings. The molecular weight excluding hydrogens is 318 g/mol. The Morgan fingerprint density at radius 3 is 1.46 bits per heavy atom. The van der Waals surface area contributed by atoms with E-state index in [-0.39, 0.29) is 0 Å². The number of pyridine rings is 2. The predicted octanol–water partition coefficient (Wildman–Crippen LogP) is 5.66. The quantitative estimate of drug-likeness (QED) is 0.364. The molecule has 0 aliphatic carbocycles. The zero-order valence-corrected chi connectivity index (χ0v) is 15.8. The van der Waals surface area contributed by atoms with Crippen LogP contribution in [0.15, 0.2) is 36.9 Å². The summed E-state index contributed by atoms with van der Waals surface area (Å²) in [5.74, 6) is 0. The first-order chi connectivity index (χ1) is 12.5. The summed E-state index contributed by atoms with van der Waals surface area (Å²) in [4.78, 5) is 8.76. The SMILES string of the molecule is Cc1c2cnccc2c(C)c2c1c1c(C)c3cnccc3c(C)c1n2C. The van der Waals surface area contributed by atoms with Gasteiger partial charge >= 0.3 is 0 Å². The molecule has 0 unspecified atom stereocenters. The van der Waals surface area contributed by atoms with E-state index in [1.807, 2.05) is 24.8 Å². The summed E-state index contributed by atoms with van der Waals surface area (Å²) in [5, 5.41) is 7.77. The minimum atomic E-state index is 1.24. The van der Waals surface area contributed by atoms with Gasteiger partial charge in [-0.3, -0.25) is 9.97 Å². The van der Waals surface area contributed by atoms with Crippen molar-refractivity contribution in [1.82, 2.24) is 14.5 Å². The second-order valence-electron chi connectivity index (χ2n) is 7.35. The number of aryl methyl sites for hydroxylation is 5. The van der Waals surface area contributed by atoms with Gasteiger partial charge in [0.15, 0.2) is 0 Å². The number of hydrogen-bond acceptors (Lipinski definition) is 2. The molecule has 0 atom stereocenters. The molecule has 5 aromatic rings. The molecule has 2 aromatic carbocycles. The Labute approximate surface area is 152 Å². The smallest absolute Gasteiger partial charge is 0.0527 e. The van der Waals surface area contributed by atoms with Crippen molar-refractivity contribution in [3.8, 4) is 0 Å². The number of benzene rings is 2. The highest BCUT2D eigenvalue weighted by atomic mass is 14.9. The molecule has 0 aliphatic heterocycles. The summed E-state index contributed by atoms with van der Waals surface area (Å²) < 4.78 is 2.38. The van der Waals surface area contributed by atoms with Crippen LogP contribution < -0.4 is 0 Å². The van der Waals surface area contributed by atoms with Crippen LogP contribution in [0.2, 0.25) is 0 Å². The van der Waals surface area contributed by atoms with E-state index in [1.165, 1.54) is 65.6 Å². The molecule has 3 heteroatoms. The van der Waals surface area contributed by atoms with E-state index in [2.05, 4.69) is 61.4 Å². The summed E-state index contributed by atoms with van der Waals surface area (Å²) in [7, 11) is 2.20. The van der Waals surface area contributed by atoms with E-state index in [4.69, 9.17) is 0 Å². The number of hydrogen-bond donors (Lipinski definition) is 0. The molecule has 3 heterocycles. The highest BCUT2D eigenvalue weighted by molar-refractivity contribution is 6.21. The van der Waals surface area contributed by atoms with Crippen LogP contribution in [-0.4, -0.2) is 14.5 Å². The Hall–Kier alpha value is -2.94. The van der Waals surface area contributed by atoms with Crippen LogP contribution in [0, 0.1) is 27.7 Å². The Balaban J connectivity index is 2.22. The van der Waals surface area contributed by atoms with Crippen LogP contribution in [0.4, 0.5) is 0 Å². The van der Waals surface area contributed by atoms with Crippen LogP contribution in [0.5, 0.6) is 0 Å². The van der Waals surface area contributed by atoms with Crippen LogP contribution in [-0.2, 0) is 7.05 Å². The second kappa shape index (κ2) is 5.04. The lowest BCUT2D eigenvalue weighted by Gasteiger charge is -2.10. The van der Waals surface area contributed by atoms with Gasteiger partial charge in [-0.1, -0.05) is 0 Å². The van der Waals surface area contributed by atoms with Crippen molar-refractivity contribution in [2.24, 2.45) is 7.05 Å². The van der Waals surface area contributed by atoms with E-state index < -0.39 is 0 Å². The van der Waals surface area contributed by atoms with Crippen LogP contribution in [0.1, 0.15) is 22.3 Å². The van der Waals surface area contributed by atoms with Crippen molar-refractivity contribution < 1.29 is 0 Å². The van der Waals surface area contributed by atoms with Crippen molar-refractivity contribution in [3.05, 3.63) is 59.2 Å². The van der Waals surface area contributed by atoms with Crippen molar-refractivity contribution in [1.29, 1.82) is 0 Å². The van der Waals surface area contributed by atoms with Gasteiger partial charge in [-0.15, -0.1) is 0 Å². The van der Waals surface area contributed by atoms with E-state index in [9.17, 15) is 0 Å². The average molecular weight is 339 g/mol. The lowest BCUT2D eigenvalue weighted by atomic mass is 9.93. The highest BCUT2D eigenvalue weighted by Gasteiger charge is 2.21. The maximum absolute atomic E-state index is 4.38. The normalized spacial score (nSPS) is 12.0. The van der Waals surface area contributed by atoms with Crippen molar-refractivity contribution in [2.45, 2.75) is 27.7 Å². The number of fused-ring (bicyclic) bond motifs is 5. The second-order valence-corrected chi connectivity index (χ2v) is 7.35.